The van der Waals surface area contributed by atoms with E-state index in [1.54, 1.807) is 11.3 Å². The van der Waals surface area contributed by atoms with Crippen LogP contribution in [-0.2, 0) is 6.54 Å². The maximum Gasteiger partial charge on any atom is 0.197 e. The molecule has 2 unspecified atom stereocenters. The molecule has 1 aromatic heterocycles. The zero-order chi connectivity index (χ0) is 11.5. The molecule has 2 atom stereocenters. The first-order chi connectivity index (χ1) is 7.74. The van der Waals surface area contributed by atoms with E-state index in [1.807, 2.05) is 6.20 Å². The molecule has 4 N–H and O–H groups in total. The van der Waals surface area contributed by atoms with Crippen molar-refractivity contribution >= 4 is 16.5 Å². The van der Waals surface area contributed by atoms with Gasteiger partial charge in [0, 0.05) is 23.7 Å². The molecule has 1 aliphatic rings. The van der Waals surface area contributed by atoms with Crippen LogP contribution in [0.3, 0.4) is 0 Å². The highest BCUT2D eigenvalue weighted by Gasteiger charge is 2.30. The molecule has 5 nitrogen and oxygen atoms in total. The van der Waals surface area contributed by atoms with Crippen molar-refractivity contribution in [1.82, 2.24) is 9.88 Å². The number of nitrogens with two attached hydrogens (primary N) is 1. The van der Waals surface area contributed by atoms with E-state index in [4.69, 9.17) is 5.84 Å². The molecule has 0 saturated carbocycles. The number of nitrogen functional groups attached to an aromatic ring is 1. The molecule has 0 aromatic carbocycles. The molecule has 16 heavy (non-hydrogen) atoms. The molecule has 2 heterocycles. The Morgan fingerprint density at radius 2 is 2.56 bits per heavy atom. The van der Waals surface area contributed by atoms with Gasteiger partial charge in [0.15, 0.2) is 5.13 Å². The number of aliphatic hydroxyl groups is 1. The minimum Gasteiger partial charge on any atom is -0.395 e. The Morgan fingerprint density at radius 1 is 1.75 bits per heavy atom. The van der Waals surface area contributed by atoms with Crippen molar-refractivity contribution in [3.8, 4) is 0 Å². The highest BCUT2D eigenvalue weighted by atomic mass is 32.1. The summed E-state index contributed by atoms with van der Waals surface area (Å²) in [6.07, 6.45) is 3.00. The van der Waals surface area contributed by atoms with E-state index >= 15 is 0 Å². The smallest absolute Gasteiger partial charge is 0.197 e. The number of thiazole rings is 1. The van der Waals surface area contributed by atoms with Crippen molar-refractivity contribution in [2.45, 2.75) is 25.9 Å². The molecule has 90 valence electrons. The average Bonchev–Trinajstić information content (AvgIpc) is 2.86. The van der Waals surface area contributed by atoms with Crippen molar-refractivity contribution in [2.24, 2.45) is 11.8 Å². The van der Waals surface area contributed by atoms with Crippen LogP contribution in [0.5, 0.6) is 0 Å². The lowest BCUT2D eigenvalue weighted by molar-refractivity contribution is 0.135. The number of aromatic nitrogens is 1. The van der Waals surface area contributed by atoms with Gasteiger partial charge >= 0.3 is 0 Å². The summed E-state index contributed by atoms with van der Waals surface area (Å²) >= 11 is 1.56. The second-order valence-electron chi connectivity index (χ2n) is 4.26. The zero-order valence-corrected chi connectivity index (χ0v) is 10.2. The van der Waals surface area contributed by atoms with Crippen molar-refractivity contribution < 1.29 is 5.11 Å². The highest BCUT2D eigenvalue weighted by Crippen LogP contribution is 2.27. The highest BCUT2D eigenvalue weighted by molar-refractivity contribution is 7.15. The van der Waals surface area contributed by atoms with Gasteiger partial charge in [-0.3, -0.25) is 10.3 Å². The summed E-state index contributed by atoms with van der Waals surface area (Å²) in [5.41, 5.74) is 2.55. The quantitative estimate of drug-likeness (QED) is 0.533. The van der Waals surface area contributed by atoms with Crippen LogP contribution >= 0.6 is 11.3 Å². The first-order valence-electron chi connectivity index (χ1n) is 5.51. The topological polar surface area (TPSA) is 74.4 Å². The molecule has 1 aliphatic heterocycles. The molecular weight excluding hydrogens is 224 g/mol. The lowest BCUT2D eigenvalue weighted by Gasteiger charge is -2.24. The molecular formula is C10H18N4OS. The number of nitrogens with one attached hydrogen (secondary N) is 1. The Labute approximate surface area is 99.3 Å². The molecule has 2 rings (SSSR count). The Morgan fingerprint density at radius 3 is 3.19 bits per heavy atom. The second kappa shape index (κ2) is 5.09. The van der Waals surface area contributed by atoms with Gasteiger partial charge in [-0.1, -0.05) is 18.3 Å². The summed E-state index contributed by atoms with van der Waals surface area (Å²) in [5.74, 6) is 5.87. The van der Waals surface area contributed by atoms with Gasteiger partial charge in [0.2, 0.25) is 0 Å². The molecule has 0 amide bonds. The van der Waals surface area contributed by atoms with Gasteiger partial charge in [-0.25, -0.2) is 10.8 Å². The van der Waals surface area contributed by atoms with Crippen LogP contribution in [-0.4, -0.2) is 34.2 Å². The Hall–Kier alpha value is -0.690. The third kappa shape index (κ3) is 2.35. The molecule has 1 saturated heterocycles. The summed E-state index contributed by atoms with van der Waals surface area (Å²) in [6, 6.07) is 0.288. The third-order valence-electron chi connectivity index (χ3n) is 3.22. The Bertz CT molecular complexity index is 343. The monoisotopic (exact) mass is 242 g/mol. The lowest BCUT2D eigenvalue weighted by Crippen LogP contribution is -2.34. The van der Waals surface area contributed by atoms with E-state index < -0.39 is 0 Å². The van der Waals surface area contributed by atoms with Gasteiger partial charge in [-0.15, -0.1) is 0 Å². The van der Waals surface area contributed by atoms with Gasteiger partial charge < -0.3 is 5.11 Å². The summed E-state index contributed by atoms with van der Waals surface area (Å²) in [6.45, 7) is 4.34. The largest absolute Gasteiger partial charge is 0.395 e. The van der Waals surface area contributed by atoms with E-state index in [1.165, 1.54) is 4.88 Å². The minimum atomic E-state index is 0.238. The standard InChI is InChI=1S/C10H18N4OS/c1-7-2-3-14(9(7)6-15)5-8-4-12-10(13-11)16-8/h4,7,9,15H,2-3,5-6,11H2,1H3,(H,12,13). The van der Waals surface area contributed by atoms with Crippen molar-refractivity contribution in [3.63, 3.8) is 0 Å². The first kappa shape index (κ1) is 11.8. The Balaban J connectivity index is 1.98. The fourth-order valence-electron chi connectivity index (χ4n) is 2.23. The van der Waals surface area contributed by atoms with E-state index in [2.05, 4.69) is 22.2 Å². The van der Waals surface area contributed by atoms with Crippen LogP contribution in [0.15, 0.2) is 6.20 Å². The third-order valence-corrected chi connectivity index (χ3v) is 4.13. The predicted octanol–water partition coefficient (Wildman–Crippen LogP) is 0.631. The lowest BCUT2D eigenvalue weighted by atomic mass is 10.0. The molecule has 1 aromatic rings. The first-order valence-corrected chi connectivity index (χ1v) is 6.32. The number of anilines is 1. The maximum absolute atomic E-state index is 9.35. The number of rotatable bonds is 4. The van der Waals surface area contributed by atoms with Crippen LogP contribution in [0.2, 0.25) is 0 Å². The van der Waals surface area contributed by atoms with Crippen LogP contribution in [0.4, 0.5) is 5.13 Å². The Kier molecular flexibility index (Phi) is 3.75. The number of hydrogen-bond donors (Lipinski definition) is 3. The van der Waals surface area contributed by atoms with Crippen molar-refractivity contribution in [2.75, 3.05) is 18.6 Å². The maximum atomic E-state index is 9.35. The SMILES string of the molecule is CC1CCN(Cc2cnc(NN)s2)C1CO. The predicted molar refractivity (Wildman–Crippen MR) is 65.0 cm³/mol. The number of hydrogen-bond acceptors (Lipinski definition) is 6. The van der Waals surface area contributed by atoms with Crippen LogP contribution in [0.25, 0.3) is 0 Å². The van der Waals surface area contributed by atoms with E-state index in [-0.39, 0.29) is 12.6 Å². The van der Waals surface area contributed by atoms with E-state index in [0.717, 1.165) is 24.6 Å². The summed E-state index contributed by atoms with van der Waals surface area (Å²) in [5, 5.41) is 10.1. The zero-order valence-electron chi connectivity index (χ0n) is 9.39. The molecule has 0 radical (unpaired) electrons. The van der Waals surface area contributed by atoms with Crippen molar-refractivity contribution in [3.05, 3.63) is 11.1 Å². The molecule has 1 fully saturated rings. The normalized spacial score (nSPS) is 26.2. The number of likely N-dealkylation sites (tertiary alicyclic amines) is 1. The molecule has 0 bridgehead atoms. The van der Waals surface area contributed by atoms with Crippen molar-refractivity contribution in [1.29, 1.82) is 0 Å². The van der Waals surface area contributed by atoms with Gasteiger partial charge in [0.1, 0.15) is 0 Å². The van der Waals surface area contributed by atoms with Gasteiger partial charge in [-0.05, 0) is 18.9 Å². The van der Waals surface area contributed by atoms with Gasteiger partial charge in [0.25, 0.3) is 0 Å². The second-order valence-corrected chi connectivity index (χ2v) is 5.38. The number of aliphatic hydroxyl groups excluding tert-OH is 1. The molecule has 0 aliphatic carbocycles. The van der Waals surface area contributed by atoms with E-state index in [9.17, 15) is 5.11 Å². The summed E-state index contributed by atoms with van der Waals surface area (Å²) < 4.78 is 0. The summed E-state index contributed by atoms with van der Waals surface area (Å²) in [4.78, 5) is 7.64. The fraction of sp³-hybridized carbons (Fsp3) is 0.700. The van der Waals surface area contributed by atoms with Crippen LogP contribution in [0.1, 0.15) is 18.2 Å². The fourth-order valence-corrected chi connectivity index (χ4v) is 2.98. The minimum absolute atomic E-state index is 0.238. The van der Waals surface area contributed by atoms with Crippen LogP contribution < -0.4 is 11.3 Å². The summed E-state index contributed by atoms with van der Waals surface area (Å²) in [7, 11) is 0. The van der Waals surface area contributed by atoms with Gasteiger partial charge in [-0.2, -0.15) is 0 Å². The number of nitrogens with zero attached hydrogens (tertiary/aromatic N) is 2. The number of hydrazine groups is 1. The van der Waals surface area contributed by atoms with E-state index in [0.29, 0.717) is 5.92 Å². The molecule has 0 spiro atoms. The van der Waals surface area contributed by atoms with Crippen LogP contribution in [0, 0.1) is 5.92 Å². The molecule has 6 heteroatoms. The average molecular weight is 242 g/mol. The van der Waals surface area contributed by atoms with Gasteiger partial charge in [0.05, 0.1) is 6.61 Å².